The number of para-hydroxylation sites is 1. The lowest BCUT2D eigenvalue weighted by atomic mass is 10.1. The van der Waals surface area contributed by atoms with E-state index in [-0.39, 0.29) is 11.4 Å². The minimum absolute atomic E-state index is 0.0282. The van der Waals surface area contributed by atoms with Crippen molar-refractivity contribution in [3.8, 4) is 5.75 Å². The van der Waals surface area contributed by atoms with Gasteiger partial charge < -0.3 is 15.4 Å². The molecule has 4 nitrogen and oxygen atoms in total. The summed E-state index contributed by atoms with van der Waals surface area (Å²) in [6.07, 6.45) is 0.383. The summed E-state index contributed by atoms with van der Waals surface area (Å²) >= 11 is 0. The molecule has 0 heterocycles. The number of carbonyl (C=O) groups excluding carboxylic acids is 1. The van der Waals surface area contributed by atoms with Gasteiger partial charge in [-0.2, -0.15) is 0 Å². The van der Waals surface area contributed by atoms with Crippen molar-refractivity contribution < 1.29 is 9.53 Å². The number of carbonyl (C=O) groups is 1. The monoisotopic (exact) mass is 292 g/mol. The van der Waals surface area contributed by atoms with E-state index in [1.807, 2.05) is 26.0 Å². The molecule has 2 N–H and O–H groups in total. The molecule has 118 valence electrons. The van der Waals surface area contributed by atoms with Crippen LogP contribution in [-0.2, 0) is 11.3 Å². The zero-order valence-corrected chi connectivity index (χ0v) is 13.9. The van der Waals surface area contributed by atoms with Crippen molar-refractivity contribution in [1.29, 1.82) is 0 Å². The predicted molar refractivity (Wildman–Crippen MR) is 86.6 cm³/mol. The molecular formula is C17H28N2O2. The molecule has 1 rings (SSSR count). The van der Waals surface area contributed by atoms with Crippen LogP contribution in [0.4, 0.5) is 0 Å². The number of nitrogens with one attached hydrogen (secondary N) is 2. The molecule has 0 bridgehead atoms. The summed E-state index contributed by atoms with van der Waals surface area (Å²) in [5.74, 6) is 0.916. The minimum Gasteiger partial charge on any atom is -0.492 e. The highest BCUT2D eigenvalue weighted by atomic mass is 16.5. The van der Waals surface area contributed by atoms with Crippen LogP contribution in [0, 0.1) is 6.92 Å². The van der Waals surface area contributed by atoms with Gasteiger partial charge in [-0.25, -0.2) is 0 Å². The highest BCUT2D eigenvalue weighted by Gasteiger charge is 2.12. The van der Waals surface area contributed by atoms with E-state index in [0.29, 0.717) is 19.6 Å². The van der Waals surface area contributed by atoms with Crippen molar-refractivity contribution in [3.63, 3.8) is 0 Å². The molecule has 0 atom stereocenters. The van der Waals surface area contributed by atoms with E-state index >= 15 is 0 Å². The Kier molecular flexibility index (Phi) is 6.69. The predicted octanol–water partition coefficient (Wildman–Crippen LogP) is 2.79. The van der Waals surface area contributed by atoms with Gasteiger partial charge in [0.25, 0.3) is 0 Å². The van der Waals surface area contributed by atoms with Gasteiger partial charge in [-0.15, -0.1) is 0 Å². The summed E-state index contributed by atoms with van der Waals surface area (Å²) in [6, 6.07) is 6.13. The molecule has 0 fully saturated rings. The summed E-state index contributed by atoms with van der Waals surface area (Å²) in [5, 5.41) is 6.24. The van der Waals surface area contributed by atoms with Gasteiger partial charge in [-0.05, 0) is 40.2 Å². The quantitative estimate of drug-likeness (QED) is 0.812. The van der Waals surface area contributed by atoms with Crippen molar-refractivity contribution in [2.75, 3.05) is 13.2 Å². The molecule has 0 saturated carbocycles. The Morgan fingerprint density at radius 2 is 2.00 bits per heavy atom. The molecular weight excluding hydrogens is 264 g/mol. The lowest BCUT2D eigenvalue weighted by Crippen LogP contribution is -2.35. The minimum atomic E-state index is 0.0282. The highest BCUT2D eigenvalue weighted by molar-refractivity contribution is 5.75. The number of hydrogen-bond acceptors (Lipinski definition) is 3. The van der Waals surface area contributed by atoms with Crippen LogP contribution < -0.4 is 15.4 Å². The Hall–Kier alpha value is -1.55. The Balaban J connectivity index is 2.65. The maximum atomic E-state index is 11.5. The van der Waals surface area contributed by atoms with E-state index in [4.69, 9.17) is 4.74 Å². The second kappa shape index (κ2) is 8.03. The lowest BCUT2D eigenvalue weighted by molar-refractivity contribution is -0.121. The van der Waals surface area contributed by atoms with E-state index < -0.39 is 0 Å². The van der Waals surface area contributed by atoms with Crippen LogP contribution in [0.5, 0.6) is 5.75 Å². The fraction of sp³-hybridized carbons (Fsp3) is 0.588. The van der Waals surface area contributed by atoms with Gasteiger partial charge in [-0.1, -0.05) is 18.2 Å². The third-order valence-electron chi connectivity index (χ3n) is 3.05. The third-order valence-corrected chi connectivity index (χ3v) is 3.05. The Morgan fingerprint density at radius 1 is 1.29 bits per heavy atom. The number of rotatable bonds is 7. The van der Waals surface area contributed by atoms with Gasteiger partial charge in [0.2, 0.25) is 5.91 Å². The molecule has 0 unspecified atom stereocenters. The van der Waals surface area contributed by atoms with E-state index in [2.05, 4.69) is 37.5 Å². The number of hydrogen-bond donors (Lipinski definition) is 2. The summed E-state index contributed by atoms with van der Waals surface area (Å²) in [6.45, 7) is 12.2. The topological polar surface area (TPSA) is 50.4 Å². The molecule has 1 aromatic carbocycles. The largest absolute Gasteiger partial charge is 0.492 e. The first-order valence-corrected chi connectivity index (χ1v) is 7.56. The van der Waals surface area contributed by atoms with Gasteiger partial charge >= 0.3 is 0 Å². The third kappa shape index (κ3) is 6.63. The second-order valence-corrected chi connectivity index (χ2v) is 6.22. The Bertz CT molecular complexity index is 464. The van der Waals surface area contributed by atoms with Gasteiger partial charge in [0.05, 0.1) is 13.0 Å². The van der Waals surface area contributed by atoms with E-state index in [9.17, 15) is 4.79 Å². The van der Waals surface area contributed by atoms with Gasteiger partial charge in [-0.3, -0.25) is 4.79 Å². The van der Waals surface area contributed by atoms with Crippen molar-refractivity contribution in [1.82, 2.24) is 10.6 Å². The number of benzene rings is 1. The van der Waals surface area contributed by atoms with Crippen LogP contribution in [0.3, 0.4) is 0 Å². The van der Waals surface area contributed by atoms with Gasteiger partial charge in [0.15, 0.2) is 0 Å². The summed E-state index contributed by atoms with van der Waals surface area (Å²) < 4.78 is 5.85. The molecule has 0 spiro atoms. The summed E-state index contributed by atoms with van der Waals surface area (Å²) in [5.41, 5.74) is 2.28. The van der Waals surface area contributed by atoms with E-state index in [1.165, 1.54) is 0 Å². The van der Waals surface area contributed by atoms with Crippen LogP contribution >= 0.6 is 0 Å². The van der Waals surface area contributed by atoms with Crippen molar-refractivity contribution >= 4 is 5.91 Å². The molecule has 0 aromatic heterocycles. The molecule has 0 aliphatic carbocycles. The van der Waals surface area contributed by atoms with Crippen LogP contribution in [0.15, 0.2) is 18.2 Å². The first-order chi connectivity index (χ1) is 9.83. The Morgan fingerprint density at radius 3 is 2.62 bits per heavy atom. The van der Waals surface area contributed by atoms with Crippen LogP contribution in [-0.4, -0.2) is 24.6 Å². The van der Waals surface area contributed by atoms with Crippen LogP contribution in [0.2, 0.25) is 0 Å². The molecule has 21 heavy (non-hydrogen) atoms. The van der Waals surface area contributed by atoms with Crippen molar-refractivity contribution in [2.45, 2.75) is 53.1 Å². The van der Waals surface area contributed by atoms with Crippen molar-refractivity contribution in [2.24, 2.45) is 0 Å². The van der Waals surface area contributed by atoms with Crippen LogP contribution in [0.1, 0.15) is 45.2 Å². The standard InChI is InChI=1S/C17H28N2O2/c1-6-18-15(20)10-11-21-16-13(2)8-7-9-14(16)12-19-17(3,4)5/h7-9,19H,6,10-12H2,1-5H3,(H,18,20). The zero-order valence-electron chi connectivity index (χ0n) is 13.9. The normalized spacial score (nSPS) is 11.3. The smallest absolute Gasteiger partial charge is 0.223 e. The fourth-order valence-corrected chi connectivity index (χ4v) is 1.95. The summed E-state index contributed by atoms with van der Waals surface area (Å²) in [7, 11) is 0. The zero-order chi connectivity index (χ0) is 15.9. The maximum absolute atomic E-state index is 11.5. The molecule has 0 aliphatic heterocycles. The maximum Gasteiger partial charge on any atom is 0.223 e. The second-order valence-electron chi connectivity index (χ2n) is 6.22. The van der Waals surface area contributed by atoms with Gasteiger partial charge in [0, 0.05) is 24.2 Å². The molecule has 0 aliphatic rings. The molecule has 4 heteroatoms. The SMILES string of the molecule is CCNC(=O)CCOc1c(C)cccc1CNC(C)(C)C. The van der Waals surface area contributed by atoms with E-state index in [0.717, 1.165) is 23.4 Å². The van der Waals surface area contributed by atoms with E-state index in [1.54, 1.807) is 0 Å². The molecule has 0 radical (unpaired) electrons. The van der Waals surface area contributed by atoms with Crippen molar-refractivity contribution in [3.05, 3.63) is 29.3 Å². The molecule has 0 saturated heterocycles. The van der Waals surface area contributed by atoms with Gasteiger partial charge in [0.1, 0.15) is 5.75 Å². The lowest BCUT2D eigenvalue weighted by Gasteiger charge is -2.22. The average molecular weight is 292 g/mol. The summed E-state index contributed by atoms with van der Waals surface area (Å²) in [4.78, 5) is 11.5. The first-order valence-electron chi connectivity index (χ1n) is 7.56. The first kappa shape index (κ1) is 17.5. The average Bonchev–Trinajstić information content (AvgIpc) is 2.38. The number of ether oxygens (including phenoxy) is 1. The number of aryl methyl sites for hydroxylation is 1. The Labute approximate surface area is 128 Å². The number of amides is 1. The molecule has 1 amide bonds. The fourth-order valence-electron chi connectivity index (χ4n) is 1.95. The van der Waals surface area contributed by atoms with Crippen LogP contribution in [0.25, 0.3) is 0 Å². The highest BCUT2D eigenvalue weighted by Crippen LogP contribution is 2.24. The molecule has 1 aromatic rings.